The number of thiophene rings is 1. The molecule has 0 saturated heterocycles. The first-order chi connectivity index (χ1) is 7.27. The zero-order chi connectivity index (χ0) is 11.1. The van der Waals surface area contributed by atoms with E-state index in [0.29, 0.717) is 6.04 Å². The van der Waals surface area contributed by atoms with Gasteiger partial charge in [-0.3, -0.25) is 0 Å². The molecule has 1 N–H and O–H groups in total. The van der Waals surface area contributed by atoms with Crippen LogP contribution in [0.5, 0.6) is 0 Å². The molecule has 1 aromatic heterocycles. The van der Waals surface area contributed by atoms with Gasteiger partial charge in [0.15, 0.2) is 0 Å². The molecule has 0 aromatic carbocycles. The van der Waals surface area contributed by atoms with Crippen molar-refractivity contribution in [3.8, 4) is 0 Å². The van der Waals surface area contributed by atoms with Gasteiger partial charge in [0, 0.05) is 31.2 Å². The molecule has 1 atom stereocenters. The van der Waals surface area contributed by atoms with Gasteiger partial charge in [0.25, 0.3) is 0 Å². The van der Waals surface area contributed by atoms with E-state index in [1.165, 1.54) is 10.4 Å². The van der Waals surface area contributed by atoms with Crippen LogP contribution in [0, 0.1) is 0 Å². The first-order valence-corrected chi connectivity index (χ1v) is 6.43. The fraction of sp³-hybridized carbons (Fsp3) is 0.667. The van der Waals surface area contributed by atoms with Gasteiger partial charge in [-0.2, -0.15) is 0 Å². The Morgan fingerprint density at radius 1 is 1.53 bits per heavy atom. The largest absolute Gasteiger partial charge is 0.385 e. The third kappa shape index (κ3) is 4.33. The molecule has 0 saturated carbocycles. The summed E-state index contributed by atoms with van der Waals surface area (Å²) >= 11 is 1.85. The highest BCUT2D eigenvalue weighted by Gasteiger charge is 2.05. The number of methoxy groups -OCH3 is 1. The van der Waals surface area contributed by atoms with Crippen molar-refractivity contribution in [2.24, 2.45) is 0 Å². The van der Waals surface area contributed by atoms with Gasteiger partial charge in [-0.15, -0.1) is 11.3 Å². The maximum absolute atomic E-state index is 5.06. The maximum atomic E-state index is 5.06. The lowest BCUT2D eigenvalue weighted by molar-refractivity contribution is 0.184. The molecule has 3 heteroatoms. The van der Waals surface area contributed by atoms with E-state index in [1.54, 1.807) is 7.11 Å². The van der Waals surface area contributed by atoms with E-state index in [2.05, 4.69) is 30.6 Å². The minimum absolute atomic E-state index is 0.525. The van der Waals surface area contributed by atoms with Crippen molar-refractivity contribution in [2.75, 3.05) is 13.7 Å². The van der Waals surface area contributed by atoms with Gasteiger partial charge in [0.05, 0.1) is 0 Å². The predicted octanol–water partition coefficient (Wildman–Crippen LogP) is 2.83. The second kappa shape index (κ2) is 6.99. The Morgan fingerprint density at radius 2 is 2.33 bits per heavy atom. The van der Waals surface area contributed by atoms with Gasteiger partial charge >= 0.3 is 0 Å². The zero-order valence-corrected chi connectivity index (χ0v) is 10.7. The number of hydrogen-bond donors (Lipinski definition) is 1. The predicted molar refractivity (Wildman–Crippen MR) is 66.5 cm³/mol. The van der Waals surface area contributed by atoms with Crippen molar-refractivity contribution < 1.29 is 4.74 Å². The smallest absolute Gasteiger partial charge is 0.0476 e. The molecule has 0 spiro atoms. The third-order valence-electron chi connectivity index (χ3n) is 2.58. The van der Waals surface area contributed by atoms with Crippen LogP contribution in [0.15, 0.2) is 11.4 Å². The van der Waals surface area contributed by atoms with Crippen molar-refractivity contribution in [1.29, 1.82) is 0 Å². The van der Waals surface area contributed by atoms with Crippen molar-refractivity contribution in [1.82, 2.24) is 5.32 Å². The summed E-state index contributed by atoms with van der Waals surface area (Å²) in [7, 11) is 1.75. The summed E-state index contributed by atoms with van der Waals surface area (Å²) in [6.45, 7) is 6.24. The van der Waals surface area contributed by atoms with Crippen LogP contribution in [0.2, 0.25) is 0 Å². The Kier molecular flexibility index (Phi) is 5.91. The van der Waals surface area contributed by atoms with E-state index in [0.717, 1.165) is 26.0 Å². The third-order valence-corrected chi connectivity index (χ3v) is 3.55. The van der Waals surface area contributed by atoms with Crippen molar-refractivity contribution >= 4 is 11.3 Å². The Morgan fingerprint density at radius 3 is 3.00 bits per heavy atom. The SMILES string of the molecule is CCc1ccsc1CNC(C)CCOC. The molecule has 1 heterocycles. The fourth-order valence-corrected chi connectivity index (χ4v) is 2.43. The molecular formula is C12H21NOS. The second-order valence-electron chi connectivity index (χ2n) is 3.79. The van der Waals surface area contributed by atoms with E-state index >= 15 is 0 Å². The quantitative estimate of drug-likeness (QED) is 0.773. The topological polar surface area (TPSA) is 21.3 Å². The molecule has 2 nitrogen and oxygen atoms in total. The van der Waals surface area contributed by atoms with Gasteiger partial charge in [0.1, 0.15) is 0 Å². The van der Waals surface area contributed by atoms with Gasteiger partial charge in [-0.05, 0) is 36.8 Å². The summed E-state index contributed by atoms with van der Waals surface area (Å²) in [4.78, 5) is 1.47. The van der Waals surface area contributed by atoms with Crippen LogP contribution in [-0.4, -0.2) is 19.8 Å². The van der Waals surface area contributed by atoms with E-state index < -0.39 is 0 Å². The molecule has 15 heavy (non-hydrogen) atoms. The Hall–Kier alpha value is -0.380. The lowest BCUT2D eigenvalue weighted by Gasteiger charge is -2.13. The zero-order valence-electron chi connectivity index (χ0n) is 9.88. The lowest BCUT2D eigenvalue weighted by Crippen LogP contribution is -2.26. The van der Waals surface area contributed by atoms with E-state index in [4.69, 9.17) is 4.74 Å². The molecule has 0 bridgehead atoms. The van der Waals surface area contributed by atoms with Crippen molar-refractivity contribution in [3.63, 3.8) is 0 Å². The molecule has 86 valence electrons. The highest BCUT2D eigenvalue weighted by Crippen LogP contribution is 2.17. The molecule has 0 aliphatic carbocycles. The molecule has 0 fully saturated rings. The molecule has 0 radical (unpaired) electrons. The number of hydrogen-bond acceptors (Lipinski definition) is 3. The summed E-state index contributed by atoms with van der Waals surface area (Å²) in [5, 5.41) is 5.70. The van der Waals surface area contributed by atoms with Crippen LogP contribution in [0.3, 0.4) is 0 Å². The van der Waals surface area contributed by atoms with Crippen LogP contribution in [0.25, 0.3) is 0 Å². The molecular weight excluding hydrogens is 206 g/mol. The van der Waals surface area contributed by atoms with Crippen LogP contribution in [0.4, 0.5) is 0 Å². The molecule has 1 unspecified atom stereocenters. The number of nitrogens with one attached hydrogen (secondary N) is 1. The van der Waals surface area contributed by atoms with Crippen LogP contribution >= 0.6 is 11.3 Å². The monoisotopic (exact) mass is 227 g/mol. The molecule has 0 aliphatic rings. The second-order valence-corrected chi connectivity index (χ2v) is 4.79. The summed E-state index contributed by atoms with van der Waals surface area (Å²) in [5.74, 6) is 0. The number of aryl methyl sites for hydroxylation is 1. The van der Waals surface area contributed by atoms with Crippen LogP contribution in [0.1, 0.15) is 30.7 Å². The summed E-state index contributed by atoms with van der Waals surface area (Å²) in [6.07, 6.45) is 2.20. The highest BCUT2D eigenvalue weighted by molar-refractivity contribution is 7.10. The Balaban J connectivity index is 2.30. The highest BCUT2D eigenvalue weighted by atomic mass is 32.1. The fourth-order valence-electron chi connectivity index (χ4n) is 1.50. The Labute approximate surface area is 96.7 Å². The average Bonchev–Trinajstić information content (AvgIpc) is 2.70. The maximum Gasteiger partial charge on any atom is 0.0476 e. The van der Waals surface area contributed by atoms with E-state index in [1.807, 2.05) is 11.3 Å². The van der Waals surface area contributed by atoms with Crippen LogP contribution in [-0.2, 0) is 17.7 Å². The standard InChI is InChI=1S/C12H21NOS/c1-4-11-6-8-15-12(11)9-13-10(2)5-7-14-3/h6,8,10,13H,4-5,7,9H2,1-3H3. The number of rotatable bonds is 7. The normalized spacial score (nSPS) is 13.0. The molecule has 1 aromatic rings. The molecule has 0 aliphatic heterocycles. The van der Waals surface area contributed by atoms with E-state index in [-0.39, 0.29) is 0 Å². The lowest BCUT2D eigenvalue weighted by atomic mass is 10.2. The van der Waals surface area contributed by atoms with E-state index in [9.17, 15) is 0 Å². The molecule has 0 amide bonds. The average molecular weight is 227 g/mol. The van der Waals surface area contributed by atoms with Gasteiger partial charge in [-0.1, -0.05) is 6.92 Å². The van der Waals surface area contributed by atoms with Crippen molar-refractivity contribution in [2.45, 2.75) is 39.3 Å². The first kappa shape index (κ1) is 12.7. The van der Waals surface area contributed by atoms with Crippen molar-refractivity contribution in [3.05, 3.63) is 21.9 Å². The van der Waals surface area contributed by atoms with Gasteiger partial charge < -0.3 is 10.1 Å². The summed E-state index contributed by atoms with van der Waals surface area (Å²) in [5.41, 5.74) is 1.48. The molecule has 1 rings (SSSR count). The van der Waals surface area contributed by atoms with Gasteiger partial charge in [0.2, 0.25) is 0 Å². The minimum Gasteiger partial charge on any atom is -0.385 e. The minimum atomic E-state index is 0.525. The summed E-state index contributed by atoms with van der Waals surface area (Å²) in [6, 6.07) is 2.75. The first-order valence-electron chi connectivity index (χ1n) is 5.55. The van der Waals surface area contributed by atoms with Gasteiger partial charge in [-0.25, -0.2) is 0 Å². The van der Waals surface area contributed by atoms with Crippen LogP contribution < -0.4 is 5.32 Å². The Bertz CT molecular complexity index is 272. The summed E-state index contributed by atoms with van der Waals surface area (Å²) < 4.78 is 5.06. The number of ether oxygens (including phenoxy) is 1.